The minimum absolute atomic E-state index is 0.201. The highest BCUT2D eigenvalue weighted by atomic mass is 32.2. The summed E-state index contributed by atoms with van der Waals surface area (Å²) in [5.41, 5.74) is 0.381. The van der Waals surface area contributed by atoms with Gasteiger partial charge in [0.2, 0.25) is 0 Å². The van der Waals surface area contributed by atoms with Crippen LogP contribution >= 0.6 is 11.8 Å². The van der Waals surface area contributed by atoms with Crippen LogP contribution < -0.4 is 5.32 Å². The minimum atomic E-state index is -0.278. The molecule has 1 aromatic heterocycles. The van der Waals surface area contributed by atoms with E-state index in [0.717, 1.165) is 23.4 Å². The molecule has 2 unspecified atom stereocenters. The van der Waals surface area contributed by atoms with E-state index >= 15 is 0 Å². The second-order valence-electron chi connectivity index (χ2n) is 4.97. The molecule has 1 saturated heterocycles. The number of hydrogen-bond acceptors (Lipinski definition) is 3. The number of benzene rings is 1. The van der Waals surface area contributed by atoms with E-state index in [4.69, 9.17) is 4.42 Å². The molecule has 2 aromatic rings. The lowest BCUT2D eigenvalue weighted by atomic mass is 9.97. The number of halogens is 1. The van der Waals surface area contributed by atoms with Crippen molar-refractivity contribution in [1.29, 1.82) is 0 Å². The molecule has 2 nitrogen and oxygen atoms in total. The predicted octanol–water partition coefficient (Wildman–Crippen LogP) is 3.98. The van der Waals surface area contributed by atoms with Gasteiger partial charge in [0, 0.05) is 5.39 Å². The number of nitrogens with one attached hydrogen (secondary N) is 1. The lowest BCUT2D eigenvalue weighted by Crippen LogP contribution is -2.27. The molecule has 4 heteroatoms. The molecule has 0 saturated carbocycles. The van der Waals surface area contributed by atoms with E-state index in [1.165, 1.54) is 18.2 Å². The molecule has 1 aliphatic rings. The van der Waals surface area contributed by atoms with E-state index in [9.17, 15) is 4.39 Å². The first-order valence-corrected chi connectivity index (χ1v) is 7.94. The Bertz CT molecular complexity index is 562. The summed E-state index contributed by atoms with van der Waals surface area (Å²) >= 11 is 1.99. The summed E-state index contributed by atoms with van der Waals surface area (Å²) in [6.07, 6.45) is 1.20. The van der Waals surface area contributed by atoms with Crippen LogP contribution in [0.4, 0.5) is 4.39 Å². The second-order valence-corrected chi connectivity index (χ2v) is 6.12. The van der Waals surface area contributed by atoms with Crippen LogP contribution in [-0.4, -0.2) is 18.1 Å². The molecule has 0 amide bonds. The normalized spacial score (nSPS) is 21.1. The number of rotatable bonds is 4. The summed E-state index contributed by atoms with van der Waals surface area (Å²) in [4.78, 5) is 0. The Morgan fingerprint density at radius 1 is 1.53 bits per heavy atom. The summed E-state index contributed by atoms with van der Waals surface area (Å²) in [6.45, 7) is 2.99. The van der Waals surface area contributed by atoms with Crippen LogP contribution in [0.5, 0.6) is 0 Å². The molecule has 102 valence electrons. The first-order chi connectivity index (χ1) is 9.29. The van der Waals surface area contributed by atoms with Gasteiger partial charge in [0.15, 0.2) is 11.4 Å². The van der Waals surface area contributed by atoms with Gasteiger partial charge in [-0.1, -0.05) is 19.1 Å². The van der Waals surface area contributed by atoms with Crippen molar-refractivity contribution in [3.8, 4) is 0 Å². The third-order valence-electron chi connectivity index (χ3n) is 3.68. The van der Waals surface area contributed by atoms with Crippen molar-refractivity contribution in [3.05, 3.63) is 35.8 Å². The van der Waals surface area contributed by atoms with Crippen molar-refractivity contribution < 1.29 is 8.81 Å². The molecule has 0 radical (unpaired) electrons. The van der Waals surface area contributed by atoms with E-state index in [2.05, 4.69) is 12.2 Å². The number of furan rings is 1. The molecular weight excluding hydrogens is 261 g/mol. The zero-order valence-corrected chi connectivity index (χ0v) is 11.8. The topological polar surface area (TPSA) is 25.2 Å². The minimum Gasteiger partial charge on any atom is -0.456 e. The fourth-order valence-corrected chi connectivity index (χ4v) is 4.03. The Hall–Kier alpha value is -1.000. The van der Waals surface area contributed by atoms with E-state index in [1.807, 2.05) is 23.9 Å². The van der Waals surface area contributed by atoms with E-state index in [0.29, 0.717) is 11.5 Å². The molecule has 3 rings (SSSR count). The van der Waals surface area contributed by atoms with Gasteiger partial charge in [0.25, 0.3) is 0 Å². The molecule has 1 aliphatic heterocycles. The zero-order chi connectivity index (χ0) is 13.2. The lowest BCUT2D eigenvalue weighted by Gasteiger charge is -2.21. The van der Waals surface area contributed by atoms with Gasteiger partial charge < -0.3 is 9.73 Å². The summed E-state index contributed by atoms with van der Waals surface area (Å²) in [6, 6.07) is 7.26. The van der Waals surface area contributed by atoms with Crippen molar-refractivity contribution in [3.63, 3.8) is 0 Å². The summed E-state index contributed by atoms with van der Waals surface area (Å²) < 4.78 is 19.5. The average molecular weight is 279 g/mol. The van der Waals surface area contributed by atoms with Gasteiger partial charge in [-0.3, -0.25) is 0 Å². The van der Waals surface area contributed by atoms with Gasteiger partial charge in [0.05, 0.1) is 6.04 Å². The molecule has 0 aliphatic carbocycles. The van der Waals surface area contributed by atoms with Crippen molar-refractivity contribution in [2.45, 2.75) is 19.4 Å². The third kappa shape index (κ3) is 2.51. The summed E-state index contributed by atoms with van der Waals surface area (Å²) in [7, 11) is 0. The van der Waals surface area contributed by atoms with E-state index in [-0.39, 0.29) is 11.9 Å². The largest absolute Gasteiger partial charge is 0.456 e. The van der Waals surface area contributed by atoms with Crippen molar-refractivity contribution in [1.82, 2.24) is 5.32 Å². The summed E-state index contributed by atoms with van der Waals surface area (Å²) in [5.74, 6) is 3.53. The monoisotopic (exact) mass is 279 g/mol. The Balaban J connectivity index is 1.97. The fraction of sp³-hybridized carbons (Fsp3) is 0.467. The van der Waals surface area contributed by atoms with Crippen molar-refractivity contribution >= 4 is 22.7 Å². The molecule has 19 heavy (non-hydrogen) atoms. The third-order valence-corrected chi connectivity index (χ3v) is 4.87. The Morgan fingerprint density at radius 3 is 3.11 bits per heavy atom. The first kappa shape index (κ1) is 13.0. The maximum absolute atomic E-state index is 13.7. The standard InChI is InChI=1S/C15H18FNOS/c1-2-17-14(11-6-7-19-9-11)13-8-10-4-3-5-12(16)15(10)18-13/h3-5,8,11,14,17H,2,6-7,9H2,1H3. The average Bonchev–Trinajstić information content (AvgIpc) is 3.05. The maximum atomic E-state index is 13.7. The highest BCUT2D eigenvalue weighted by Crippen LogP contribution is 2.36. The predicted molar refractivity (Wildman–Crippen MR) is 78.0 cm³/mol. The Kier molecular flexibility index (Phi) is 3.80. The second kappa shape index (κ2) is 5.55. The van der Waals surface area contributed by atoms with Crippen LogP contribution in [0, 0.1) is 11.7 Å². The van der Waals surface area contributed by atoms with Gasteiger partial charge >= 0.3 is 0 Å². The van der Waals surface area contributed by atoms with E-state index in [1.54, 1.807) is 6.07 Å². The van der Waals surface area contributed by atoms with E-state index < -0.39 is 0 Å². The smallest absolute Gasteiger partial charge is 0.169 e. The van der Waals surface area contributed by atoms with Crippen molar-refractivity contribution in [2.75, 3.05) is 18.1 Å². The van der Waals surface area contributed by atoms with Gasteiger partial charge in [-0.2, -0.15) is 11.8 Å². The quantitative estimate of drug-likeness (QED) is 0.916. The molecule has 1 aromatic carbocycles. The lowest BCUT2D eigenvalue weighted by molar-refractivity contribution is 0.341. The van der Waals surface area contributed by atoms with Crippen LogP contribution in [0.2, 0.25) is 0 Å². The molecule has 0 spiro atoms. The van der Waals surface area contributed by atoms with Gasteiger partial charge in [-0.05, 0) is 42.5 Å². The fourth-order valence-electron chi connectivity index (χ4n) is 2.74. The first-order valence-electron chi connectivity index (χ1n) is 6.78. The SMILES string of the molecule is CCNC(c1cc2cccc(F)c2o1)C1CCSC1. The highest BCUT2D eigenvalue weighted by Gasteiger charge is 2.28. The van der Waals surface area contributed by atoms with Crippen LogP contribution in [0.3, 0.4) is 0 Å². The van der Waals surface area contributed by atoms with Crippen LogP contribution in [0.1, 0.15) is 25.1 Å². The number of para-hydroxylation sites is 1. The summed E-state index contributed by atoms with van der Waals surface area (Å²) in [5, 5.41) is 4.34. The van der Waals surface area contributed by atoms with Crippen LogP contribution in [0.25, 0.3) is 11.0 Å². The molecule has 2 heterocycles. The molecule has 1 N–H and O–H groups in total. The Morgan fingerprint density at radius 2 is 2.42 bits per heavy atom. The van der Waals surface area contributed by atoms with Crippen LogP contribution in [0.15, 0.2) is 28.7 Å². The van der Waals surface area contributed by atoms with Crippen molar-refractivity contribution in [2.24, 2.45) is 5.92 Å². The molecule has 0 bridgehead atoms. The Labute approximate surface area is 116 Å². The number of fused-ring (bicyclic) bond motifs is 1. The van der Waals surface area contributed by atoms with Crippen LogP contribution in [-0.2, 0) is 0 Å². The molecule has 2 atom stereocenters. The molecular formula is C15H18FNOS. The van der Waals surface area contributed by atoms with Gasteiger partial charge in [-0.15, -0.1) is 0 Å². The van der Waals surface area contributed by atoms with Gasteiger partial charge in [-0.25, -0.2) is 4.39 Å². The number of thioether (sulfide) groups is 1. The highest BCUT2D eigenvalue weighted by molar-refractivity contribution is 7.99. The van der Waals surface area contributed by atoms with Gasteiger partial charge in [0.1, 0.15) is 5.76 Å². The number of hydrogen-bond donors (Lipinski definition) is 1. The maximum Gasteiger partial charge on any atom is 0.169 e. The molecule has 1 fully saturated rings. The zero-order valence-electron chi connectivity index (χ0n) is 11.0.